The first-order valence-electron chi connectivity index (χ1n) is 11.4. The van der Waals surface area contributed by atoms with Gasteiger partial charge in [-0.05, 0) is 62.2 Å². The zero-order valence-corrected chi connectivity index (χ0v) is 20.2. The Kier molecular flexibility index (Phi) is 13.1. The van der Waals surface area contributed by atoms with Gasteiger partial charge in [0.05, 0.1) is 12.2 Å². The van der Waals surface area contributed by atoms with Gasteiger partial charge in [0.25, 0.3) is 0 Å². The van der Waals surface area contributed by atoms with Crippen molar-refractivity contribution in [3.8, 4) is 0 Å². The monoisotopic (exact) mass is 386 g/mol. The van der Waals surface area contributed by atoms with Crippen molar-refractivity contribution >= 4 is 0 Å². The third-order valence-corrected chi connectivity index (χ3v) is 5.22. The lowest BCUT2D eigenvalue weighted by molar-refractivity contribution is -0.373. The van der Waals surface area contributed by atoms with Crippen molar-refractivity contribution in [3.05, 3.63) is 0 Å². The molecule has 0 atom stereocenters. The fourth-order valence-corrected chi connectivity index (χ4v) is 4.53. The molecule has 3 heteroatoms. The molecule has 0 aromatic carbocycles. The van der Waals surface area contributed by atoms with Crippen LogP contribution in [0.1, 0.15) is 108 Å². The molecule has 0 fully saturated rings. The van der Waals surface area contributed by atoms with Crippen LogP contribution in [-0.2, 0) is 14.5 Å². The zero-order chi connectivity index (χ0) is 21.1. The highest BCUT2D eigenvalue weighted by atomic mass is 17.2. The SMILES string of the molecule is CCC(CC(C)C)(CC(C)C)OCCOOC(CC)(CC(C)C)CC(C)C. The van der Waals surface area contributed by atoms with Gasteiger partial charge in [-0.1, -0.05) is 69.2 Å². The minimum absolute atomic E-state index is 0.0383. The average molecular weight is 387 g/mol. The maximum Gasteiger partial charge on any atom is 0.106 e. The number of hydrogen-bond donors (Lipinski definition) is 0. The van der Waals surface area contributed by atoms with Crippen LogP contribution in [0.5, 0.6) is 0 Å². The van der Waals surface area contributed by atoms with Crippen LogP contribution >= 0.6 is 0 Å². The Morgan fingerprint density at radius 3 is 1.26 bits per heavy atom. The summed E-state index contributed by atoms with van der Waals surface area (Å²) in [5.41, 5.74) is -0.219. The molecule has 0 heterocycles. The van der Waals surface area contributed by atoms with Gasteiger partial charge in [0.15, 0.2) is 0 Å². The van der Waals surface area contributed by atoms with E-state index in [1.54, 1.807) is 0 Å². The Labute approximate surface area is 170 Å². The first-order chi connectivity index (χ1) is 12.5. The Morgan fingerprint density at radius 1 is 0.556 bits per heavy atom. The van der Waals surface area contributed by atoms with Crippen molar-refractivity contribution in [1.82, 2.24) is 0 Å². The van der Waals surface area contributed by atoms with Gasteiger partial charge in [-0.3, -0.25) is 0 Å². The molecule has 0 aliphatic carbocycles. The molecule has 0 radical (unpaired) electrons. The van der Waals surface area contributed by atoms with Crippen molar-refractivity contribution in [2.24, 2.45) is 23.7 Å². The summed E-state index contributed by atoms with van der Waals surface area (Å²) in [6.07, 6.45) is 6.28. The summed E-state index contributed by atoms with van der Waals surface area (Å²) in [4.78, 5) is 11.7. The lowest BCUT2D eigenvalue weighted by Crippen LogP contribution is -2.38. The lowest BCUT2D eigenvalue weighted by atomic mass is 9.83. The first kappa shape index (κ1) is 26.9. The minimum Gasteiger partial charge on any atom is -0.372 e. The second-order valence-electron chi connectivity index (χ2n) is 10.2. The molecule has 164 valence electrons. The van der Waals surface area contributed by atoms with E-state index in [0.717, 1.165) is 38.5 Å². The van der Waals surface area contributed by atoms with Gasteiger partial charge in [0.2, 0.25) is 0 Å². The third kappa shape index (κ3) is 11.5. The van der Waals surface area contributed by atoms with Crippen LogP contribution in [0.15, 0.2) is 0 Å². The Morgan fingerprint density at radius 2 is 0.926 bits per heavy atom. The second-order valence-corrected chi connectivity index (χ2v) is 10.2. The molecule has 3 nitrogen and oxygen atoms in total. The first-order valence-corrected chi connectivity index (χ1v) is 11.4. The molecule has 0 saturated carbocycles. The molecule has 0 spiro atoms. The van der Waals surface area contributed by atoms with Crippen molar-refractivity contribution in [2.45, 2.75) is 119 Å². The zero-order valence-electron chi connectivity index (χ0n) is 20.2. The van der Waals surface area contributed by atoms with Crippen LogP contribution in [-0.4, -0.2) is 24.4 Å². The Balaban J connectivity index is 4.71. The van der Waals surface area contributed by atoms with Crippen molar-refractivity contribution in [3.63, 3.8) is 0 Å². The van der Waals surface area contributed by atoms with Gasteiger partial charge in [0, 0.05) is 0 Å². The molecule has 0 N–H and O–H groups in total. The van der Waals surface area contributed by atoms with Crippen LogP contribution in [0, 0.1) is 23.7 Å². The van der Waals surface area contributed by atoms with E-state index in [2.05, 4.69) is 69.2 Å². The Bertz CT molecular complexity index is 307. The number of hydrogen-bond acceptors (Lipinski definition) is 3. The molecule has 0 aromatic heterocycles. The summed E-state index contributed by atoms with van der Waals surface area (Å²) in [5.74, 6) is 2.44. The van der Waals surface area contributed by atoms with E-state index in [0.29, 0.717) is 36.9 Å². The standard InChI is InChI=1S/C24H50O3/c1-11-23(15-19(3)4,16-20(5)6)25-13-14-26-27-24(12-2,17-21(7)8)18-22(9)10/h19-22H,11-18H2,1-10H3. The topological polar surface area (TPSA) is 27.7 Å². The highest BCUT2D eigenvalue weighted by Gasteiger charge is 2.33. The summed E-state index contributed by atoms with van der Waals surface area (Å²) in [6.45, 7) is 23.7. The van der Waals surface area contributed by atoms with Gasteiger partial charge >= 0.3 is 0 Å². The molecule has 0 amide bonds. The second kappa shape index (κ2) is 13.2. The molecule has 27 heavy (non-hydrogen) atoms. The van der Waals surface area contributed by atoms with Crippen LogP contribution in [0.3, 0.4) is 0 Å². The van der Waals surface area contributed by atoms with Gasteiger partial charge < -0.3 is 4.74 Å². The lowest BCUT2D eigenvalue weighted by Gasteiger charge is -2.37. The molecule has 0 unspecified atom stereocenters. The fourth-order valence-electron chi connectivity index (χ4n) is 4.53. The van der Waals surface area contributed by atoms with Crippen molar-refractivity contribution in [2.75, 3.05) is 13.2 Å². The van der Waals surface area contributed by atoms with Crippen LogP contribution < -0.4 is 0 Å². The molecule has 0 bridgehead atoms. The Hall–Kier alpha value is -0.120. The fraction of sp³-hybridized carbons (Fsp3) is 1.00. The quantitative estimate of drug-likeness (QED) is 0.157. The average Bonchev–Trinajstić information content (AvgIpc) is 2.51. The maximum absolute atomic E-state index is 6.41. The maximum atomic E-state index is 6.41. The van der Waals surface area contributed by atoms with Gasteiger partial charge in [-0.2, -0.15) is 0 Å². The van der Waals surface area contributed by atoms with E-state index >= 15 is 0 Å². The van der Waals surface area contributed by atoms with E-state index in [9.17, 15) is 0 Å². The van der Waals surface area contributed by atoms with E-state index in [4.69, 9.17) is 14.5 Å². The summed E-state index contributed by atoms with van der Waals surface area (Å²) in [7, 11) is 0. The van der Waals surface area contributed by atoms with E-state index < -0.39 is 0 Å². The predicted octanol–water partition coefficient (Wildman–Crippen LogP) is 7.43. The molecule has 0 aromatic rings. The normalized spacial score (nSPS) is 13.6. The molecule has 0 saturated heterocycles. The molecular formula is C24H50O3. The summed E-state index contributed by atoms with van der Waals surface area (Å²) in [6, 6.07) is 0. The molecule has 0 aliphatic heterocycles. The predicted molar refractivity (Wildman–Crippen MR) is 117 cm³/mol. The largest absolute Gasteiger partial charge is 0.372 e. The van der Waals surface area contributed by atoms with E-state index in [1.807, 2.05) is 0 Å². The smallest absolute Gasteiger partial charge is 0.106 e. The summed E-state index contributed by atoms with van der Waals surface area (Å²) in [5, 5.41) is 0. The summed E-state index contributed by atoms with van der Waals surface area (Å²) < 4.78 is 6.41. The van der Waals surface area contributed by atoms with E-state index in [1.165, 1.54) is 0 Å². The highest BCUT2D eigenvalue weighted by Crippen LogP contribution is 2.33. The molecular weight excluding hydrogens is 336 g/mol. The van der Waals surface area contributed by atoms with Gasteiger partial charge in [-0.15, -0.1) is 0 Å². The van der Waals surface area contributed by atoms with E-state index in [-0.39, 0.29) is 11.2 Å². The van der Waals surface area contributed by atoms with Crippen LogP contribution in [0.4, 0.5) is 0 Å². The highest BCUT2D eigenvalue weighted by molar-refractivity contribution is 4.82. The number of rotatable bonds is 16. The van der Waals surface area contributed by atoms with Gasteiger partial charge in [-0.25, -0.2) is 9.78 Å². The molecule has 0 aliphatic rings. The number of ether oxygens (including phenoxy) is 1. The third-order valence-electron chi connectivity index (χ3n) is 5.22. The molecule has 0 rings (SSSR count). The van der Waals surface area contributed by atoms with Crippen molar-refractivity contribution < 1.29 is 14.5 Å². The minimum atomic E-state index is -0.181. The van der Waals surface area contributed by atoms with Gasteiger partial charge in [0.1, 0.15) is 12.2 Å². The van der Waals surface area contributed by atoms with Crippen LogP contribution in [0.2, 0.25) is 0 Å². The van der Waals surface area contributed by atoms with Crippen LogP contribution in [0.25, 0.3) is 0 Å². The summed E-state index contributed by atoms with van der Waals surface area (Å²) >= 11 is 0. The van der Waals surface area contributed by atoms with Crippen molar-refractivity contribution in [1.29, 1.82) is 0 Å².